The van der Waals surface area contributed by atoms with Gasteiger partial charge in [0.2, 0.25) is 0 Å². The molecule has 0 aromatic heterocycles. The van der Waals surface area contributed by atoms with Crippen LogP contribution in [0.4, 0.5) is 0 Å². The van der Waals surface area contributed by atoms with Crippen LogP contribution in [0.25, 0.3) is 0 Å². The summed E-state index contributed by atoms with van der Waals surface area (Å²) in [5, 5.41) is 8.76. The first-order valence-corrected chi connectivity index (χ1v) is 16.7. The van der Waals surface area contributed by atoms with Crippen molar-refractivity contribution in [2.24, 2.45) is 0 Å². The molecule has 1 N–H and O–H groups in total. The van der Waals surface area contributed by atoms with Crippen LogP contribution in [0.3, 0.4) is 0 Å². The van der Waals surface area contributed by atoms with Gasteiger partial charge in [0.15, 0.2) is 6.29 Å². The van der Waals surface area contributed by atoms with E-state index in [1.165, 1.54) is 154 Å². The molecule has 0 aromatic rings. The average molecular weight is 521 g/mol. The maximum Gasteiger partial charge on any atom is 0.157 e. The molecular formula is C34H64O3. The molecule has 0 aliphatic carbocycles. The summed E-state index contributed by atoms with van der Waals surface area (Å²) in [5.41, 5.74) is 0. The van der Waals surface area contributed by atoms with Crippen LogP contribution in [0.2, 0.25) is 0 Å². The molecule has 1 rings (SSSR count). The fourth-order valence-corrected chi connectivity index (χ4v) is 5.23. The fraction of sp³-hybridized carbons (Fsp3) is 0.941. The molecule has 218 valence electrons. The van der Waals surface area contributed by atoms with E-state index in [1.807, 2.05) is 0 Å². The Morgan fingerprint density at radius 1 is 0.514 bits per heavy atom. The van der Waals surface area contributed by atoms with Crippen molar-refractivity contribution in [3.63, 3.8) is 0 Å². The van der Waals surface area contributed by atoms with Gasteiger partial charge in [-0.15, -0.1) is 11.8 Å². The zero-order valence-corrected chi connectivity index (χ0v) is 24.8. The Bertz CT molecular complexity index is 489. The zero-order chi connectivity index (χ0) is 26.3. The van der Waals surface area contributed by atoms with Crippen LogP contribution in [0.5, 0.6) is 0 Å². The predicted molar refractivity (Wildman–Crippen MR) is 160 cm³/mol. The molecule has 1 saturated heterocycles. The van der Waals surface area contributed by atoms with Crippen molar-refractivity contribution in [3.8, 4) is 11.8 Å². The highest BCUT2D eigenvalue weighted by Crippen LogP contribution is 2.16. The third-order valence-electron chi connectivity index (χ3n) is 7.72. The van der Waals surface area contributed by atoms with E-state index in [0.717, 1.165) is 38.9 Å². The molecule has 0 unspecified atom stereocenters. The van der Waals surface area contributed by atoms with Crippen molar-refractivity contribution >= 4 is 0 Å². The second kappa shape index (κ2) is 30.0. The topological polar surface area (TPSA) is 38.7 Å². The van der Waals surface area contributed by atoms with E-state index in [0.29, 0.717) is 6.61 Å². The summed E-state index contributed by atoms with van der Waals surface area (Å²) in [5.74, 6) is 6.70. The number of aliphatic hydroxyl groups is 1. The van der Waals surface area contributed by atoms with Gasteiger partial charge in [0.05, 0.1) is 0 Å². The van der Waals surface area contributed by atoms with Crippen molar-refractivity contribution in [1.29, 1.82) is 0 Å². The standard InChI is InChI=1S/C34H64O3/c35-31-27-24-22-20-18-16-14-12-10-8-6-4-2-1-3-5-7-9-11-13-15-17-19-21-23-25-28-32-36-34-30-26-29-33-37-34/h34-35H,1-11,13,15-33H2/t34-/m1/s1. The second-order valence-corrected chi connectivity index (χ2v) is 11.4. The number of rotatable bonds is 27. The Hall–Kier alpha value is -0.560. The minimum atomic E-state index is 0.0922. The van der Waals surface area contributed by atoms with E-state index in [-0.39, 0.29) is 6.29 Å². The molecule has 1 aliphatic rings. The molecule has 0 radical (unpaired) electrons. The smallest absolute Gasteiger partial charge is 0.157 e. The largest absolute Gasteiger partial charge is 0.396 e. The van der Waals surface area contributed by atoms with Crippen LogP contribution < -0.4 is 0 Å². The summed E-state index contributed by atoms with van der Waals surface area (Å²) in [4.78, 5) is 0. The summed E-state index contributed by atoms with van der Waals surface area (Å²) >= 11 is 0. The maximum atomic E-state index is 8.76. The van der Waals surface area contributed by atoms with Gasteiger partial charge in [0.1, 0.15) is 0 Å². The number of unbranched alkanes of at least 4 members (excludes halogenated alkanes) is 23. The van der Waals surface area contributed by atoms with Crippen molar-refractivity contribution in [3.05, 3.63) is 0 Å². The summed E-state index contributed by atoms with van der Waals surface area (Å²) in [6.45, 7) is 2.11. The molecule has 1 atom stereocenters. The Morgan fingerprint density at radius 2 is 0.919 bits per heavy atom. The SMILES string of the molecule is OCCCCCCCC#CCCCCCCCCCCCCCCCCCCCCO[C@H]1CCCCO1. The lowest BCUT2D eigenvalue weighted by Gasteiger charge is -2.22. The van der Waals surface area contributed by atoms with Crippen LogP contribution in [-0.4, -0.2) is 31.2 Å². The molecule has 1 aliphatic heterocycles. The van der Waals surface area contributed by atoms with Gasteiger partial charge in [-0.3, -0.25) is 0 Å². The summed E-state index contributed by atoms with van der Waals surface area (Å²) in [6.07, 6.45) is 36.8. The molecule has 3 heteroatoms. The van der Waals surface area contributed by atoms with Crippen LogP contribution in [0, 0.1) is 11.8 Å². The lowest BCUT2D eigenvalue weighted by atomic mass is 10.0. The summed E-state index contributed by atoms with van der Waals surface area (Å²) in [6, 6.07) is 0. The minimum Gasteiger partial charge on any atom is -0.396 e. The van der Waals surface area contributed by atoms with E-state index < -0.39 is 0 Å². The van der Waals surface area contributed by atoms with Crippen molar-refractivity contribution < 1.29 is 14.6 Å². The van der Waals surface area contributed by atoms with Crippen LogP contribution >= 0.6 is 0 Å². The maximum absolute atomic E-state index is 8.76. The van der Waals surface area contributed by atoms with Gasteiger partial charge in [-0.2, -0.15) is 0 Å². The number of hydrogen-bond acceptors (Lipinski definition) is 3. The van der Waals surface area contributed by atoms with Gasteiger partial charge < -0.3 is 14.6 Å². The zero-order valence-electron chi connectivity index (χ0n) is 24.8. The first-order valence-electron chi connectivity index (χ1n) is 16.7. The molecular weight excluding hydrogens is 456 g/mol. The van der Waals surface area contributed by atoms with E-state index in [9.17, 15) is 0 Å². The highest BCUT2D eigenvalue weighted by molar-refractivity contribution is 4.98. The molecule has 37 heavy (non-hydrogen) atoms. The van der Waals surface area contributed by atoms with E-state index in [4.69, 9.17) is 14.6 Å². The molecule has 0 amide bonds. The Balaban J connectivity index is 1.64. The lowest BCUT2D eigenvalue weighted by Crippen LogP contribution is -2.22. The molecule has 0 bridgehead atoms. The first-order chi connectivity index (χ1) is 18.4. The highest BCUT2D eigenvalue weighted by atomic mass is 16.7. The number of ether oxygens (including phenoxy) is 2. The molecule has 1 fully saturated rings. The second-order valence-electron chi connectivity index (χ2n) is 11.4. The van der Waals surface area contributed by atoms with Crippen molar-refractivity contribution in [2.45, 2.75) is 186 Å². The summed E-state index contributed by atoms with van der Waals surface area (Å²) in [7, 11) is 0. The van der Waals surface area contributed by atoms with Gasteiger partial charge in [0, 0.05) is 32.7 Å². The Kier molecular flexibility index (Phi) is 27.9. The fourth-order valence-electron chi connectivity index (χ4n) is 5.23. The monoisotopic (exact) mass is 520 g/mol. The number of aliphatic hydroxyl groups excluding tert-OH is 1. The summed E-state index contributed by atoms with van der Waals surface area (Å²) < 4.78 is 11.4. The van der Waals surface area contributed by atoms with Gasteiger partial charge in [0.25, 0.3) is 0 Å². The minimum absolute atomic E-state index is 0.0922. The van der Waals surface area contributed by atoms with Gasteiger partial charge >= 0.3 is 0 Å². The van der Waals surface area contributed by atoms with Crippen LogP contribution in [0.15, 0.2) is 0 Å². The predicted octanol–water partition coefficient (Wildman–Crippen LogP) is 10.3. The van der Waals surface area contributed by atoms with Crippen molar-refractivity contribution in [2.75, 3.05) is 19.8 Å². The Morgan fingerprint density at radius 3 is 1.32 bits per heavy atom. The highest BCUT2D eigenvalue weighted by Gasteiger charge is 2.13. The third kappa shape index (κ3) is 26.8. The van der Waals surface area contributed by atoms with Gasteiger partial charge in [-0.05, 0) is 44.9 Å². The van der Waals surface area contributed by atoms with Crippen LogP contribution in [0.1, 0.15) is 180 Å². The average Bonchev–Trinajstić information content (AvgIpc) is 2.93. The van der Waals surface area contributed by atoms with E-state index >= 15 is 0 Å². The quantitative estimate of drug-likeness (QED) is 0.0864. The molecule has 0 spiro atoms. The van der Waals surface area contributed by atoms with Gasteiger partial charge in [-0.25, -0.2) is 0 Å². The molecule has 0 aromatic carbocycles. The molecule has 1 heterocycles. The van der Waals surface area contributed by atoms with Gasteiger partial charge in [-0.1, -0.05) is 122 Å². The van der Waals surface area contributed by atoms with E-state index in [2.05, 4.69) is 11.8 Å². The van der Waals surface area contributed by atoms with E-state index in [1.54, 1.807) is 0 Å². The molecule has 3 nitrogen and oxygen atoms in total. The normalized spacial score (nSPS) is 15.5. The Labute approximate surface area is 232 Å². The third-order valence-corrected chi connectivity index (χ3v) is 7.72. The number of hydrogen-bond donors (Lipinski definition) is 1. The van der Waals surface area contributed by atoms with Crippen LogP contribution in [-0.2, 0) is 9.47 Å². The lowest BCUT2D eigenvalue weighted by molar-refractivity contribution is -0.162. The van der Waals surface area contributed by atoms with Crippen molar-refractivity contribution in [1.82, 2.24) is 0 Å². The molecule has 0 saturated carbocycles. The first kappa shape index (κ1) is 34.5.